The molecule has 0 bridgehead atoms. The molecule has 19 nitrogen and oxygen atoms in total. The third-order valence-electron chi connectivity index (χ3n) is 8.99. The molecule has 2 aromatic carbocycles. The van der Waals surface area contributed by atoms with Crippen molar-refractivity contribution in [2.45, 2.75) is 24.9 Å². The molecule has 2 unspecified atom stereocenters. The Kier molecular flexibility index (Phi) is 22.9. The van der Waals surface area contributed by atoms with Crippen LogP contribution in [-0.2, 0) is 9.68 Å². The molecule has 4 aliphatic rings. The quantitative estimate of drug-likeness (QED) is 0.0593. The van der Waals surface area contributed by atoms with Gasteiger partial charge in [0.05, 0.1) is 12.1 Å². The van der Waals surface area contributed by atoms with Gasteiger partial charge in [-0.15, -0.1) is 0 Å². The van der Waals surface area contributed by atoms with Crippen molar-refractivity contribution in [3.63, 3.8) is 0 Å². The van der Waals surface area contributed by atoms with Crippen molar-refractivity contribution in [2.75, 3.05) is 68.7 Å². The number of anilines is 3. The molecular formula is C37H45ClK2N14O5. The van der Waals surface area contributed by atoms with E-state index in [0.717, 1.165) is 50.1 Å². The van der Waals surface area contributed by atoms with Crippen LogP contribution in [0, 0.1) is 0 Å². The summed E-state index contributed by atoms with van der Waals surface area (Å²) >= 11 is 5.34. The fraction of sp³-hybridized carbons (Fsp3) is 0.324. The molecule has 0 radical (unpaired) electrons. The second-order valence-corrected chi connectivity index (χ2v) is 12.9. The maximum atomic E-state index is 12.9. The van der Waals surface area contributed by atoms with Gasteiger partial charge in [0.1, 0.15) is 11.6 Å². The Hall–Kier alpha value is -3.17. The standard InChI is InChI=1S/C18H21N7O.C14H18N4O.C4H4ClN3.CH2O3.2K.H/c19-16-7-8-20-17(22-16)23-10-12-24(13-11-23)18(26)25-15(6-9-21-25)14-4-2-1-3-5-14;19-14(17-10-8-15-9-11-17)18-13(6-7-16-18)12-4-2-1-3-5-12;5-4-7-2-1-3(6)8-4;2-1-4-3;;;/h1-5,7-9,15H,6,10-13H2,(H2,19,20,22);1-5,7,13,15H,6,8-11H2;1-2H,(H2,6,7,8);1,3H;;;/q;;;;2*+1;-1/p-1. The summed E-state index contributed by atoms with van der Waals surface area (Å²) in [5.41, 5.74) is 13.2. The maximum Gasteiger partial charge on any atom is 1.00 e. The summed E-state index contributed by atoms with van der Waals surface area (Å²) in [5.74, 6) is 1.45. The number of piperazine rings is 2. The first-order valence-electron chi connectivity index (χ1n) is 18.1. The summed E-state index contributed by atoms with van der Waals surface area (Å²) in [6.45, 7) is 5.60. The molecule has 4 aromatic rings. The van der Waals surface area contributed by atoms with Crippen molar-refractivity contribution in [3.8, 4) is 0 Å². The van der Waals surface area contributed by atoms with Gasteiger partial charge in [-0.25, -0.2) is 34.6 Å². The second-order valence-electron chi connectivity index (χ2n) is 12.6. The molecule has 0 aliphatic carbocycles. The number of nitrogens with one attached hydrogen (secondary N) is 1. The Morgan fingerprint density at radius 1 is 0.729 bits per heavy atom. The van der Waals surface area contributed by atoms with E-state index in [9.17, 15) is 9.59 Å². The third-order valence-corrected chi connectivity index (χ3v) is 9.17. The molecule has 22 heteroatoms. The zero-order chi connectivity index (χ0) is 40.4. The van der Waals surface area contributed by atoms with E-state index in [0.29, 0.717) is 43.8 Å². The number of carbonyl (C=O) groups is 3. The van der Waals surface area contributed by atoms with Gasteiger partial charge in [-0.2, -0.15) is 15.2 Å². The molecule has 4 aliphatic heterocycles. The zero-order valence-electron chi connectivity index (χ0n) is 34.0. The van der Waals surface area contributed by atoms with E-state index in [1.165, 1.54) is 6.20 Å². The van der Waals surface area contributed by atoms with Crippen LogP contribution in [0.25, 0.3) is 0 Å². The minimum Gasteiger partial charge on any atom is -1.00 e. The van der Waals surface area contributed by atoms with Crippen molar-refractivity contribution in [1.29, 1.82) is 0 Å². The van der Waals surface area contributed by atoms with Crippen LogP contribution in [0.3, 0.4) is 0 Å². The molecule has 2 atom stereocenters. The van der Waals surface area contributed by atoms with E-state index in [4.69, 9.17) is 33.1 Å². The molecule has 6 heterocycles. The summed E-state index contributed by atoms with van der Waals surface area (Å²) < 4.78 is 0. The topological polar surface area (TPSA) is 240 Å². The number of rotatable bonds is 4. The predicted octanol–water partition coefficient (Wildman–Crippen LogP) is -3.55. The van der Waals surface area contributed by atoms with Crippen LogP contribution in [0.1, 0.15) is 37.5 Å². The molecule has 2 fully saturated rings. The van der Waals surface area contributed by atoms with Gasteiger partial charge in [0, 0.05) is 90.0 Å². The van der Waals surface area contributed by atoms with Gasteiger partial charge >= 0.3 is 115 Å². The van der Waals surface area contributed by atoms with Crippen molar-refractivity contribution in [3.05, 3.63) is 102 Å². The largest absolute Gasteiger partial charge is 1.00 e. The van der Waals surface area contributed by atoms with Crippen LogP contribution in [-0.4, -0.2) is 123 Å². The number of nitrogen functional groups attached to an aromatic ring is 2. The second kappa shape index (κ2) is 26.9. The average Bonchev–Trinajstić information content (AvgIpc) is 3.96. The van der Waals surface area contributed by atoms with Crippen LogP contribution >= 0.6 is 11.6 Å². The van der Waals surface area contributed by atoms with Crippen LogP contribution < -0.4 is 130 Å². The van der Waals surface area contributed by atoms with Gasteiger partial charge in [-0.05, 0) is 34.9 Å². The number of urea groups is 2. The van der Waals surface area contributed by atoms with Gasteiger partial charge in [-0.3, -0.25) is 4.79 Å². The first-order valence-corrected chi connectivity index (χ1v) is 18.5. The number of halogens is 1. The van der Waals surface area contributed by atoms with Crippen molar-refractivity contribution in [1.82, 2.24) is 45.1 Å². The van der Waals surface area contributed by atoms with E-state index >= 15 is 0 Å². The zero-order valence-corrected chi connectivity index (χ0v) is 40.0. The van der Waals surface area contributed by atoms with Crippen molar-refractivity contribution >= 4 is 60.1 Å². The predicted molar refractivity (Wildman–Crippen MR) is 213 cm³/mol. The van der Waals surface area contributed by atoms with E-state index in [-0.39, 0.29) is 140 Å². The molecule has 2 saturated heterocycles. The normalized spacial score (nSPS) is 17.7. The van der Waals surface area contributed by atoms with Crippen LogP contribution in [0.5, 0.6) is 0 Å². The summed E-state index contributed by atoms with van der Waals surface area (Å²) in [6, 6.07) is 23.3. The molecule has 0 spiro atoms. The van der Waals surface area contributed by atoms with Gasteiger partial charge in [0.15, 0.2) is 0 Å². The molecule has 8 rings (SSSR count). The van der Waals surface area contributed by atoms with Gasteiger partial charge < -0.3 is 43.1 Å². The molecule has 4 amide bonds. The Bertz CT molecular complexity index is 1940. The Balaban J connectivity index is 0.000000320. The number of nitrogens with zero attached hydrogens (tertiary/aromatic N) is 11. The third kappa shape index (κ3) is 15.4. The average molecular weight is 880 g/mol. The molecular weight excluding hydrogens is 834 g/mol. The van der Waals surface area contributed by atoms with E-state index < -0.39 is 0 Å². The number of hydrogen-bond acceptors (Lipinski definition) is 15. The van der Waals surface area contributed by atoms with Gasteiger partial charge in [-0.1, -0.05) is 60.7 Å². The van der Waals surface area contributed by atoms with Crippen LogP contribution in [0.15, 0.2) is 95.4 Å². The van der Waals surface area contributed by atoms with Crippen molar-refractivity contribution < 1.29 is 129 Å². The van der Waals surface area contributed by atoms with E-state index in [1.807, 2.05) is 75.7 Å². The minimum absolute atomic E-state index is 0. The Morgan fingerprint density at radius 2 is 1.19 bits per heavy atom. The first kappa shape index (κ1) is 50.2. The Labute approximate surface area is 433 Å². The number of hydrazone groups is 2. The summed E-state index contributed by atoms with van der Waals surface area (Å²) in [4.78, 5) is 58.2. The molecule has 59 heavy (non-hydrogen) atoms. The number of nitrogens with two attached hydrogens (primary N) is 2. The van der Waals surface area contributed by atoms with Crippen LogP contribution in [0.2, 0.25) is 5.28 Å². The van der Waals surface area contributed by atoms with Crippen molar-refractivity contribution in [2.24, 2.45) is 10.2 Å². The molecule has 2 aromatic heterocycles. The number of aromatic nitrogens is 4. The first-order chi connectivity index (χ1) is 27.8. The van der Waals surface area contributed by atoms with Gasteiger partial charge in [0.2, 0.25) is 11.2 Å². The fourth-order valence-corrected chi connectivity index (χ4v) is 6.36. The summed E-state index contributed by atoms with van der Waals surface area (Å²) in [6.07, 6.45) is 8.34. The smallest absolute Gasteiger partial charge is 1.00 e. The van der Waals surface area contributed by atoms with Gasteiger partial charge in [0.25, 0.3) is 6.47 Å². The SMILES string of the molecule is Nc1ccnc(Cl)n1.Nc1ccnc(N2CCN(C(=O)N3N=CCC3c3ccccc3)CC2)n1.O=C(N1CCNCC1)N1N=CCC1c1ccccc1.O=CO[O-].[H-].[K+].[K+]. The molecule has 0 saturated carbocycles. The Morgan fingerprint density at radius 3 is 1.61 bits per heavy atom. The number of hydrogen-bond donors (Lipinski definition) is 3. The maximum absolute atomic E-state index is 12.9. The fourth-order valence-electron chi connectivity index (χ4n) is 6.21. The number of benzene rings is 2. The van der Waals surface area contributed by atoms with E-state index in [2.05, 4.69) is 52.5 Å². The number of amides is 4. The monoisotopic (exact) mass is 878 g/mol. The molecule has 302 valence electrons. The molecule has 5 N–H and O–H groups in total. The summed E-state index contributed by atoms with van der Waals surface area (Å²) in [7, 11) is 0. The summed E-state index contributed by atoms with van der Waals surface area (Å²) in [5, 5.41) is 23.7. The number of carbonyl (C=O) groups excluding carboxylic acids is 3. The van der Waals surface area contributed by atoms with Crippen LogP contribution in [0.4, 0.5) is 27.2 Å². The van der Waals surface area contributed by atoms with E-state index in [1.54, 1.807) is 28.3 Å². The minimum atomic E-state index is -0.181.